The number of para-hydroxylation sites is 1. The Morgan fingerprint density at radius 2 is 1.79 bits per heavy atom. The van der Waals surface area contributed by atoms with E-state index in [0.717, 1.165) is 31.4 Å². The molecule has 3 N–H and O–H groups in total. The maximum absolute atomic E-state index is 12.7. The second-order valence-electron chi connectivity index (χ2n) is 7.95. The molecule has 2 fully saturated rings. The van der Waals surface area contributed by atoms with Crippen molar-refractivity contribution in [2.24, 2.45) is 11.3 Å². The van der Waals surface area contributed by atoms with Crippen molar-refractivity contribution < 1.29 is 19.5 Å². The average Bonchev–Trinajstić information content (AvgIpc) is 2.73. The molecular formula is C21H29N3O4. The van der Waals surface area contributed by atoms with E-state index in [-0.39, 0.29) is 24.4 Å². The van der Waals surface area contributed by atoms with Crippen LogP contribution in [0.15, 0.2) is 30.3 Å². The quantitative estimate of drug-likeness (QED) is 0.723. The zero-order valence-electron chi connectivity index (χ0n) is 16.2. The lowest BCUT2D eigenvalue weighted by Crippen LogP contribution is -2.50. The number of carbonyl (C=O) groups is 3. The second kappa shape index (κ2) is 9.08. The van der Waals surface area contributed by atoms with Crippen LogP contribution in [0.3, 0.4) is 0 Å². The van der Waals surface area contributed by atoms with Gasteiger partial charge in [0.15, 0.2) is 0 Å². The summed E-state index contributed by atoms with van der Waals surface area (Å²) >= 11 is 0. The van der Waals surface area contributed by atoms with Crippen LogP contribution in [0, 0.1) is 11.3 Å². The first kappa shape index (κ1) is 20.2. The molecule has 0 spiro atoms. The maximum atomic E-state index is 12.7. The van der Waals surface area contributed by atoms with Crippen LogP contribution in [0.1, 0.15) is 44.9 Å². The third-order valence-electron chi connectivity index (χ3n) is 5.97. The van der Waals surface area contributed by atoms with Crippen LogP contribution in [-0.4, -0.2) is 47.5 Å². The first-order valence-corrected chi connectivity index (χ1v) is 10.1. The number of carboxylic acids is 1. The molecular weight excluding hydrogens is 358 g/mol. The van der Waals surface area contributed by atoms with E-state index in [1.54, 1.807) is 4.90 Å². The normalized spacial score (nSPS) is 21.6. The Bertz CT molecular complexity index is 701. The molecule has 1 heterocycles. The monoisotopic (exact) mass is 387 g/mol. The van der Waals surface area contributed by atoms with Gasteiger partial charge >= 0.3 is 12.0 Å². The molecule has 1 saturated heterocycles. The highest BCUT2D eigenvalue weighted by Crippen LogP contribution is 2.36. The Kier molecular flexibility index (Phi) is 6.54. The van der Waals surface area contributed by atoms with Gasteiger partial charge in [-0.15, -0.1) is 0 Å². The minimum Gasteiger partial charge on any atom is -0.481 e. The number of anilines is 1. The molecule has 3 amide bonds. The summed E-state index contributed by atoms with van der Waals surface area (Å²) in [6.45, 7) is 1.14. The Balaban J connectivity index is 1.53. The van der Waals surface area contributed by atoms with Gasteiger partial charge in [0.05, 0.1) is 11.3 Å². The van der Waals surface area contributed by atoms with Crippen molar-refractivity contribution in [1.29, 1.82) is 0 Å². The van der Waals surface area contributed by atoms with Crippen LogP contribution >= 0.6 is 0 Å². The number of nitrogens with one attached hydrogen (secondary N) is 2. The molecule has 0 radical (unpaired) electrons. The van der Waals surface area contributed by atoms with Gasteiger partial charge in [-0.05, 0) is 37.8 Å². The Hall–Kier alpha value is -2.57. The van der Waals surface area contributed by atoms with Crippen LogP contribution < -0.4 is 10.6 Å². The van der Waals surface area contributed by atoms with Crippen LogP contribution in [0.25, 0.3) is 0 Å². The molecule has 1 aromatic rings. The summed E-state index contributed by atoms with van der Waals surface area (Å²) in [5.41, 5.74) is -0.118. The van der Waals surface area contributed by atoms with Gasteiger partial charge in [0, 0.05) is 25.3 Å². The van der Waals surface area contributed by atoms with Gasteiger partial charge in [-0.2, -0.15) is 0 Å². The lowest BCUT2D eigenvalue weighted by atomic mass is 9.74. The first-order chi connectivity index (χ1) is 13.5. The van der Waals surface area contributed by atoms with Gasteiger partial charge in [0.2, 0.25) is 5.91 Å². The third kappa shape index (κ3) is 4.82. The highest BCUT2D eigenvalue weighted by Gasteiger charge is 2.40. The largest absolute Gasteiger partial charge is 0.481 e. The van der Waals surface area contributed by atoms with Crippen molar-refractivity contribution in [1.82, 2.24) is 10.2 Å². The lowest BCUT2D eigenvalue weighted by molar-refractivity contribution is -0.151. The molecule has 1 aliphatic carbocycles. The molecule has 28 heavy (non-hydrogen) atoms. The number of rotatable bonds is 5. The van der Waals surface area contributed by atoms with Gasteiger partial charge in [0.25, 0.3) is 0 Å². The van der Waals surface area contributed by atoms with E-state index in [4.69, 9.17) is 0 Å². The Morgan fingerprint density at radius 3 is 2.46 bits per heavy atom. The molecule has 1 unspecified atom stereocenters. The highest BCUT2D eigenvalue weighted by atomic mass is 16.4. The van der Waals surface area contributed by atoms with Gasteiger partial charge in [-0.25, -0.2) is 4.79 Å². The van der Waals surface area contributed by atoms with Crippen molar-refractivity contribution in [3.63, 3.8) is 0 Å². The lowest BCUT2D eigenvalue weighted by Gasteiger charge is -2.35. The fourth-order valence-electron chi connectivity index (χ4n) is 4.20. The summed E-state index contributed by atoms with van der Waals surface area (Å²) in [4.78, 5) is 38.6. The average molecular weight is 387 g/mol. The summed E-state index contributed by atoms with van der Waals surface area (Å²) in [5, 5.41) is 15.4. The number of amides is 3. The number of urea groups is 1. The molecule has 1 atom stereocenters. The molecule has 7 heteroatoms. The number of hydrogen-bond donors (Lipinski definition) is 3. The van der Waals surface area contributed by atoms with Crippen LogP contribution in [0.2, 0.25) is 0 Å². The smallest absolute Gasteiger partial charge is 0.321 e. The van der Waals surface area contributed by atoms with E-state index in [1.165, 1.54) is 0 Å². The molecule has 7 nitrogen and oxygen atoms in total. The molecule has 2 aliphatic rings. The minimum atomic E-state index is -0.840. The maximum Gasteiger partial charge on any atom is 0.321 e. The number of likely N-dealkylation sites (tertiary alicyclic amines) is 1. The van der Waals surface area contributed by atoms with Crippen molar-refractivity contribution in [2.75, 3.05) is 25.0 Å². The Morgan fingerprint density at radius 1 is 1.07 bits per heavy atom. The van der Waals surface area contributed by atoms with E-state index in [2.05, 4.69) is 10.6 Å². The van der Waals surface area contributed by atoms with Gasteiger partial charge < -0.3 is 20.6 Å². The summed E-state index contributed by atoms with van der Waals surface area (Å²) < 4.78 is 0. The van der Waals surface area contributed by atoms with Crippen LogP contribution in [-0.2, 0) is 9.59 Å². The molecule has 1 saturated carbocycles. The number of aliphatic carboxylic acids is 1. The van der Waals surface area contributed by atoms with Gasteiger partial charge in [-0.3, -0.25) is 9.59 Å². The zero-order valence-corrected chi connectivity index (χ0v) is 16.2. The second-order valence-corrected chi connectivity index (χ2v) is 7.95. The van der Waals surface area contributed by atoms with Crippen molar-refractivity contribution in [3.05, 3.63) is 30.3 Å². The Labute approximate surface area is 165 Å². The number of nitrogens with zero attached hydrogens (tertiary/aromatic N) is 1. The van der Waals surface area contributed by atoms with E-state index in [1.807, 2.05) is 30.3 Å². The summed E-state index contributed by atoms with van der Waals surface area (Å²) in [7, 11) is 0. The summed E-state index contributed by atoms with van der Waals surface area (Å²) in [6.07, 6.45) is 5.51. The first-order valence-electron chi connectivity index (χ1n) is 10.1. The van der Waals surface area contributed by atoms with E-state index >= 15 is 0 Å². The number of piperidine rings is 1. The van der Waals surface area contributed by atoms with Crippen molar-refractivity contribution in [3.8, 4) is 0 Å². The SMILES string of the molecule is O=C(NCC1(C(=O)O)CCCCC1)C1CCCN(C(=O)Nc2ccccc2)C1. The molecule has 1 aliphatic heterocycles. The molecule has 3 rings (SSSR count). The fraction of sp³-hybridized carbons (Fsp3) is 0.571. The predicted octanol–water partition coefficient (Wildman–Crippen LogP) is 3.08. The van der Waals surface area contributed by atoms with Crippen molar-refractivity contribution >= 4 is 23.6 Å². The minimum absolute atomic E-state index is 0.150. The van der Waals surface area contributed by atoms with E-state index in [9.17, 15) is 19.5 Å². The molecule has 0 bridgehead atoms. The standard InChI is InChI=1S/C21H29N3O4/c25-18(22-15-21(19(26)27)11-5-2-6-12-21)16-8-7-13-24(14-16)20(28)23-17-9-3-1-4-10-17/h1,3-4,9-10,16H,2,5-8,11-15H2,(H,22,25)(H,23,28)(H,26,27). The predicted molar refractivity (Wildman–Crippen MR) is 106 cm³/mol. The fourth-order valence-corrected chi connectivity index (χ4v) is 4.20. The third-order valence-corrected chi connectivity index (χ3v) is 5.97. The number of carboxylic acid groups (broad SMARTS) is 1. The van der Waals surface area contributed by atoms with Crippen LogP contribution in [0.5, 0.6) is 0 Å². The van der Waals surface area contributed by atoms with E-state index in [0.29, 0.717) is 32.4 Å². The topological polar surface area (TPSA) is 98.7 Å². The summed E-state index contributed by atoms with van der Waals surface area (Å²) in [6, 6.07) is 9.02. The van der Waals surface area contributed by atoms with E-state index < -0.39 is 11.4 Å². The molecule has 1 aromatic carbocycles. The molecule has 152 valence electrons. The van der Waals surface area contributed by atoms with Gasteiger partial charge in [0.1, 0.15) is 0 Å². The highest BCUT2D eigenvalue weighted by molar-refractivity contribution is 5.90. The number of hydrogen-bond acceptors (Lipinski definition) is 3. The van der Waals surface area contributed by atoms with Gasteiger partial charge in [-0.1, -0.05) is 37.5 Å². The summed E-state index contributed by atoms with van der Waals surface area (Å²) in [5.74, 6) is -1.27. The number of carbonyl (C=O) groups excluding carboxylic acids is 2. The molecule has 0 aromatic heterocycles. The van der Waals surface area contributed by atoms with Crippen LogP contribution in [0.4, 0.5) is 10.5 Å². The van der Waals surface area contributed by atoms with Crippen molar-refractivity contribution in [2.45, 2.75) is 44.9 Å². The number of benzene rings is 1. The zero-order chi connectivity index (χ0) is 20.0.